The lowest BCUT2D eigenvalue weighted by Crippen LogP contribution is -2.48. The number of nitrogens with one attached hydrogen (secondary N) is 1. The topological polar surface area (TPSA) is 133 Å². The van der Waals surface area contributed by atoms with Gasteiger partial charge >= 0.3 is 6.01 Å². The van der Waals surface area contributed by atoms with Gasteiger partial charge in [0.05, 0.1) is 17.1 Å². The van der Waals surface area contributed by atoms with Gasteiger partial charge in [0.2, 0.25) is 15.8 Å². The fourth-order valence-corrected chi connectivity index (χ4v) is 4.87. The number of benzene rings is 1. The lowest BCUT2D eigenvalue weighted by Gasteiger charge is -2.34. The fraction of sp³-hybridized carbons (Fsp3) is 0.421. The predicted molar refractivity (Wildman–Crippen MR) is 107 cm³/mol. The van der Waals surface area contributed by atoms with Gasteiger partial charge in [0.1, 0.15) is 19.5 Å². The van der Waals surface area contributed by atoms with Gasteiger partial charge in [-0.25, -0.2) is 8.42 Å². The molecular formula is C19H22N4O7S. The normalized spacial score (nSPS) is 22.2. The highest BCUT2D eigenvalue weighted by Gasteiger charge is 2.32. The zero-order valence-corrected chi connectivity index (χ0v) is 17.8. The van der Waals surface area contributed by atoms with Gasteiger partial charge in [-0.05, 0) is 38.1 Å². The number of ether oxygens (including phenoxy) is 3. The molecule has 0 radical (unpaired) electrons. The summed E-state index contributed by atoms with van der Waals surface area (Å²) >= 11 is 0. The second-order valence-electron chi connectivity index (χ2n) is 7.17. The van der Waals surface area contributed by atoms with Crippen LogP contribution < -0.4 is 5.32 Å². The molecule has 2 atom stereocenters. The minimum Gasteiger partial charge on any atom is -0.494 e. The molecule has 2 aliphatic rings. The molecule has 166 valence electrons. The number of hydrogen-bond acceptors (Lipinski definition) is 9. The van der Waals surface area contributed by atoms with E-state index in [9.17, 15) is 13.2 Å². The van der Waals surface area contributed by atoms with Gasteiger partial charge in [0.15, 0.2) is 0 Å². The largest absolute Gasteiger partial charge is 0.494 e. The molecule has 4 rings (SSSR count). The summed E-state index contributed by atoms with van der Waals surface area (Å²) in [7, 11) is -3.69. The van der Waals surface area contributed by atoms with Gasteiger partial charge in [-0.3, -0.25) is 10.1 Å². The number of morpholine rings is 1. The Labute approximate surface area is 179 Å². The summed E-state index contributed by atoms with van der Waals surface area (Å²) in [5.41, 5.74) is 0.235. The molecule has 1 saturated heterocycles. The van der Waals surface area contributed by atoms with E-state index in [1.54, 1.807) is 0 Å². The number of carbonyl (C=O) groups excluding carboxylic acids is 1. The van der Waals surface area contributed by atoms with Crippen LogP contribution in [0, 0.1) is 0 Å². The first-order valence-electron chi connectivity index (χ1n) is 9.68. The summed E-state index contributed by atoms with van der Waals surface area (Å²) in [5.74, 6) is -0.173. The molecule has 2 unspecified atom stereocenters. The van der Waals surface area contributed by atoms with Crippen LogP contribution in [0.15, 0.2) is 39.8 Å². The number of anilines is 1. The van der Waals surface area contributed by atoms with Crippen molar-refractivity contribution in [3.63, 3.8) is 0 Å². The van der Waals surface area contributed by atoms with Crippen LogP contribution in [-0.4, -0.2) is 67.3 Å². The zero-order chi connectivity index (χ0) is 22.0. The van der Waals surface area contributed by atoms with Crippen LogP contribution in [0.25, 0.3) is 5.76 Å². The standard InChI is InChI=1S/C19H22N4O7S/c1-12-9-23(10-13(2)29-12)31(25,26)15-5-3-14(4-6-15)17(24)20-19-22-21-18(30-19)16-11-27-7-8-28-16/h3-6,11-13H,7-10H2,1-2H3,(H,20,22,24). The highest BCUT2D eigenvalue weighted by Crippen LogP contribution is 2.22. The highest BCUT2D eigenvalue weighted by atomic mass is 32.2. The molecule has 1 N–H and O–H groups in total. The molecule has 0 bridgehead atoms. The molecule has 2 aromatic rings. The maximum absolute atomic E-state index is 12.9. The van der Waals surface area contributed by atoms with Crippen molar-refractivity contribution in [3.8, 4) is 0 Å². The minimum absolute atomic E-state index is 0.0745. The lowest BCUT2D eigenvalue weighted by molar-refractivity contribution is -0.0440. The Balaban J connectivity index is 1.44. The van der Waals surface area contributed by atoms with Crippen LogP contribution >= 0.6 is 0 Å². The van der Waals surface area contributed by atoms with Crippen molar-refractivity contribution in [1.29, 1.82) is 0 Å². The Morgan fingerprint density at radius 1 is 1.10 bits per heavy atom. The number of aromatic nitrogens is 2. The molecule has 0 saturated carbocycles. The van der Waals surface area contributed by atoms with E-state index in [0.29, 0.717) is 13.2 Å². The molecule has 31 heavy (non-hydrogen) atoms. The van der Waals surface area contributed by atoms with E-state index in [0.717, 1.165) is 0 Å². The van der Waals surface area contributed by atoms with Gasteiger partial charge in [-0.2, -0.15) is 4.31 Å². The van der Waals surface area contributed by atoms with Crippen molar-refractivity contribution in [2.24, 2.45) is 0 Å². The third kappa shape index (κ3) is 4.70. The van der Waals surface area contributed by atoms with Gasteiger partial charge < -0.3 is 18.6 Å². The zero-order valence-electron chi connectivity index (χ0n) is 17.0. The van der Waals surface area contributed by atoms with Crippen molar-refractivity contribution < 1.29 is 31.8 Å². The second kappa shape index (κ2) is 8.65. The first kappa shape index (κ1) is 21.3. The van der Waals surface area contributed by atoms with Crippen LogP contribution in [0.3, 0.4) is 0 Å². The molecule has 12 heteroatoms. The van der Waals surface area contributed by atoms with E-state index >= 15 is 0 Å². The summed E-state index contributed by atoms with van der Waals surface area (Å²) in [5, 5.41) is 10.0. The van der Waals surface area contributed by atoms with E-state index in [4.69, 9.17) is 18.6 Å². The Morgan fingerprint density at radius 3 is 2.45 bits per heavy atom. The van der Waals surface area contributed by atoms with Gasteiger partial charge in [0, 0.05) is 18.7 Å². The van der Waals surface area contributed by atoms with Crippen LogP contribution in [0.2, 0.25) is 0 Å². The van der Waals surface area contributed by atoms with E-state index < -0.39 is 15.9 Å². The van der Waals surface area contributed by atoms with Gasteiger partial charge in [-0.1, -0.05) is 5.10 Å². The van der Waals surface area contributed by atoms with Crippen LogP contribution in [0.4, 0.5) is 6.01 Å². The van der Waals surface area contributed by atoms with Crippen LogP contribution in [-0.2, 0) is 24.2 Å². The molecule has 3 heterocycles. The van der Waals surface area contributed by atoms with E-state index in [2.05, 4.69) is 15.5 Å². The minimum atomic E-state index is -3.69. The molecular weight excluding hydrogens is 428 g/mol. The number of nitrogens with zero attached hydrogens (tertiary/aromatic N) is 3. The number of amides is 1. The first-order chi connectivity index (χ1) is 14.8. The number of carbonyl (C=O) groups is 1. The molecule has 1 amide bonds. The van der Waals surface area contributed by atoms with E-state index in [-0.39, 0.29) is 53.4 Å². The number of sulfonamides is 1. The quantitative estimate of drug-likeness (QED) is 0.719. The third-order valence-electron chi connectivity index (χ3n) is 4.65. The molecule has 0 aliphatic carbocycles. The van der Waals surface area contributed by atoms with Crippen molar-refractivity contribution in [3.05, 3.63) is 42.0 Å². The monoisotopic (exact) mass is 450 g/mol. The molecule has 2 aliphatic heterocycles. The highest BCUT2D eigenvalue weighted by molar-refractivity contribution is 7.89. The SMILES string of the molecule is CC1CN(S(=O)(=O)c2ccc(C(=O)Nc3nnc(C4=COCCO4)o3)cc2)CC(C)O1. The lowest BCUT2D eigenvalue weighted by atomic mass is 10.2. The smallest absolute Gasteiger partial charge is 0.322 e. The Kier molecular flexibility index (Phi) is 5.94. The van der Waals surface area contributed by atoms with Crippen LogP contribution in [0.1, 0.15) is 30.1 Å². The number of rotatable bonds is 5. The van der Waals surface area contributed by atoms with Crippen LogP contribution in [0.5, 0.6) is 0 Å². The van der Waals surface area contributed by atoms with Gasteiger partial charge in [-0.15, -0.1) is 5.10 Å². The predicted octanol–water partition coefficient (Wildman–Crippen LogP) is 1.46. The Hall–Kier alpha value is -2.96. The summed E-state index contributed by atoms with van der Waals surface area (Å²) in [4.78, 5) is 12.6. The summed E-state index contributed by atoms with van der Waals surface area (Å²) in [6, 6.07) is 5.52. The number of hydrogen-bond donors (Lipinski definition) is 1. The Bertz CT molecular complexity index is 1070. The molecule has 0 spiro atoms. The Morgan fingerprint density at radius 2 is 1.81 bits per heavy atom. The van der Waals surface area contributed by atoms with Crippen molar-refractivity contribution >= 4 is 27.7 Å². The average Bonchev–Trinajstić information content (AvgIpc) is 3.22. The van der Waals surface area contributed by atoms with E-state index in [1.807, 2.05) is 13.8 Å². The summed E-state index contributed by atoms with van der Waals surface area (Å²) < 4.78 is 48.6. The third-order valence-corrected chi connectivity index (χ3v) is 6.49. The van der Waals surface area contributed by atoms with Crippen molar-refractivity contribution in [2.75, 3.05) is 31.6 Å². The molecule has 1 aromatic carbocycles. The maximum atomic E-state index is 12.9. The van der Waals surface area contributed by atoms with Crippen molar-refractivity contribution in [1.82, 2.24) is 14.5 Å². The maximum Gasteiger partial charge on any atom is 0.322 e. The molecule has 1 aromatic heterocycles. The van der Waals surface area contributed by atoms with Gasteiger partial charge in [0.25, 0.3) is 11.8 Å². The summed E-state index contributed by atoms with van der Waals surface area (Å²) in [6.45, 7) is 5.00. The average molecular weight is 450 g/mol. The van der Waals surface area contributed by atoms with Crippen molar-refractivity contribution in [2.45, 2.75) is 31.0 Å². The molecule has 11 nitrogen and oxygen atoms in total. The first-order valence-corrected chi connectivity index (χ1v) is 11.1. The van der Waals surface area contributed by atoms with E-state index in [1.165, 1.54) is 34.8 Å². The second-order valence-corrected chi connectivity index (χ2v) is 9.11. The fourth-order valence-electron chi connectivity index (χ4n) is 3.28. The molecule has 1 fully saturated rings. The summed E-state index contributed by atoms with van der Waals surface area (Å²) in [6.07, 6.45) is 0.978.